The number of ether oxygens (including phenoxy) is 1. The Labute approximate surface area is 170 Å². The smallest absolute Gasteiger partial charge is 0.242 e. The van der Waals surface area contributed by atoms with E-state index in [4.69, 9.17) is 16.3 Å². The fourth-order valence-corrected chi connectivity index (χ4v) is 6.13. The van der Waals surface area contributed by atoms with Crippen molar-refractivity contribution in [1.29, 1.82) is 0 Å². The summed E-state index contributed by atoms with van der Waals surface area (Å²) in [6.07, 6.45) is 0.361. The molecule has 1 saturated heterocycles. The van der Waals surface area contributed by atoms with E-state index in [-0.39, 0.29) is 4.90 Å². The average molecular weight is 420 g/mol. The second-order valence-electron chi connectivity index (χ2n) is 8.00. The number of hydrogen-bond acceptors (Lipinski definition) is 4. The van der Waals surface area contributed by atoms with Crippen molar-refractivity contribution in [1.82, 2.24) is 5.32 Å². The molecule has 1 amide bonds. The molecule has 3 atom stereocenters. The molecule has 0 saturated carbocycles. The number of sulfone groups is 1. The molecule has 2 heterocycles. The maximum atomic E-state index is 13.4. The van der Waals surface area contributed by atoms with Gasteiger partial charge in [0.25, 0.3) is 0 Å². The number of rotatable bonds is 3. The molecule has 148 valence electrons. The molecule has 2 aromatic rings. The van der Waals surface area contributed by atoms with E-state index >= 15 is 0 Å². The van der Waals surface area contributed by atoms with Crippen LogP contribution in [0.2, 0.25) is 5.02 Å². The minimum Gasteiger partial charge on any atom is -0.468 e. The third-order valence-electron chi connectivity index (χ3n) is 5.54. The molecule has 0 aliphatic carbocycles. The van der Waals surface area contributed by atoms with Crippen molar-refractivity contribution in [2.24, 2.45) is 0 Å². The Hall–Kier alpha value is -2.05. The molecule has 4 rings (SSSR count). The first-order chi connectivity index (χ1) is 13.1. The van der Waals surface area contributed by atoms with Crippen molar-refractivity contribution in [3.8, 4) is 5.75 Å². The highest BCUT2D eigenvalue weighted by molar-refractivity contribution is 7.92. The van der Waals surface area contributed by atoms with E-state index in [2.05, 4.69) is 5.32 Å². The van der Waals surface area contributed by atoms with Gasteiger partial charge >= 0.3 is 0 Å². The van der Waals surface area contributed by atoms with Crippen LogP contribution in [0, 0.1) is 0 Å². The first-order valence-electron chi connectivity index (χ1n) is 9.25. The fourth-order valence-electron chi connectivity index (χ4n) is 4.12. The number of amides is 1. The molecule has 7 heteroatoms. The zero-order valence-corrected chi connectivity index (χ0v) is 17.5. The Morgan fingerprint density at radius 3 is 2.50 bits per heavy atom. The van der Waals surface area contributed by atoms with Crippen LogP contribution in [0.3, 0.4) is 0 Å². The van der Waals surface area contributed by atoms with Crippen molar-refractivity contribution >= 4 is 27.3 Å². The lowest BCUT2D eigenvalue weighted by atomic mass is 9.81. The highest BCUT2D eigenvalue weighted by Gasteiger charge is 2.54. The summed E-state index contributed by atoms with van der Waals surface area (Å²) in [7, 11) is -3.90. The van der Waals surface area contributed by atoms with Gasteiger partial charge in [-0.05, 0) is 48.7 Å². The largest absolute Gasteiger partial charge is 0.468 e. The number of carbonyl (C=O) groups is 1. The molecule has 0 aromatic heterocycles. The lowest BCUT2D eigenvalue weighted by Crippen LogP contribution is -2.63. The molecule has 2 bridgehead atoms. The SMILES string of the molecule is CC(C)c1ccc(S(=O)(=O)[C@@H]2C(=O)N[C@]3(C)C[C@@H]2c2cc(Cl)ccc2O3)cc1. The molecule has 2 aliphatic rings. The van der Waals surface area contributed by atoms with E-state index < -0.39 is 32.6 Å². The van der Waals surface area contributed by atoms with Crippen LogP contribution >= 0.6 is 11.6 Å². The van der Waals surface area contributed by atoms with Crippen LogP contribution in [0.5, 0.6) is 5.75 Å². The van der Waals surface area contributed by atoms with E-state index in [0.717, 1.165) is 5.56 Å². The van der Waals surface area contributed by atoms with Crippen LogP contribution in [0.15, 0.2) is 47.4 Å². The van der Waals surface area contributed by atoms with Gasteiger partial charge in [0, 0.05) is 22.9 Å². The molecule has 1 N–H and O–H groups in total. The Bertz CT molecular complexity index is 1050. The molecular formula is C21H22ClNO4S. The third-order valence-corrected chi connectivity index (χ3v) is 7.91. The summed E-state index contributed by atoms with van der Waals surface area (Å²) >= 11 is 6.14. The van der Waals surface area contributed by atoms with Crippen molar-refractivity contribution in [2.45, 2.75) is 54.9 Å². The zero-order chi connectivity index (χ0) is 20.3. The second-order valence-corrected chi connectivity index (χ2v) is 10.5. The molecule has 0 unspecified atom stereocenters. The quantitative estimate of drug-likeness (QED) is 0.815. The van der Waals surface area contributed by atoms with Crippen molar-refractivity contribution in [2.75, 3.05) is 0 Å². The molecule has 0 spiro atoms. The minimum absolute atomic E-state index is 0.149. The summed E-state index contributed by atoms with van der Waals surface area (Å²) < 4.78 is 32.8. The normalized spacial score (nSPS) is 26.4. The van der Waals surface area contributed by atoms with E-state index in [0.29, 0.717) is 28.7 Å². The van der Waals surface area contributed by atoms with Crippen molar-refractivity contribution in [3.63, 3.8) is 0 Å². The van der Waals surface area contributed by atoms with Gasteiger partial charge in [-0.25, -0.2) is 8.42 Å². The highest BCUT2D eigenvalue weighted by atomic mass is 35.5. The van der Waals surface area contributed by atoms with Crippen LogP contribution in [-0.4, -0.2) is 25.3 Å². The van der Waals surface area contributed by atoms with E-state index in [1.165, 1.54) is 0 Å². The highest BCUT2D eigenvalue weighted by Crippen LogP contribution is 2.47. The van der Waals surface area contributed by atoms with E-state index in [9.17, 15) is 13.2 Å². The molecule has 2 aliphatic heterocycles. The van der Waals surface area contributed by atoms with Gasteiger partial charge < -0.3 is 10.1 Å². The first kappa shape index (κ1) is 19.3. The molecule has 28 heavy (non-hydrogen) atoms. The van der Waals surface area contributed by atoms with Gasteiger partial charge in [0.2, 0.25) is 5.91 Å². The van der Waals surface area contributed by atoms with Crippen LogP contribution in [-0.2, 0) is 14.6 Å². The summed E-state index contributed by atoms with van der Waals surface area (Å²) in [5.74, 6) is -0.230. The van der Waals surface area contributed by atoms with Crippen LogP contribution in [0.1, 0.15) is 50.2 Å². The number of benzene rings is 2. The van der Waals surface area contributed by atoms with Crippen LogP contribution < -0.4 is 10.1 Å². The summed E-state index contributed by atoms with van der Waals surface area (Å²) in [4.78, 5) is 13.0. The van der Waals surface area contributed by atoms with Crippen molar-refractivity contribution < 1.29 is 17.9 Å². The van der Waals surface area contributed by atoms with Gasteiger partial charge in [-0.3, -0.25) is 4.79 Å². The van der Waals surface area contributed by atoms with Gasteiger partial charge in [-0.15, -0.1) is 0 Å². The number of halogens is 1. The zero-order valence-electron chi connectivity index (χ0n) is 15.9. The van der Waals surface area contributed by atoms with Gasteiger partial charge in [-0.2, -0.15) is 0 Å². The van der Waals surface area contributed by atoms with Crippen LogP contribution in [0.25, 0.3) is 0 Å². The summed E-state index contributed by atoms with van der Waals surface area (Å²) in [5, 5.41) is 2.01. The summed E-state index contributed by atoms with van der Waals surface area (Å²) in [6.45, 7) is 5.85. The predicted octanol–water partition coefficient (Wildman–Crippen LogP) is 4.02. The number of nitrogens with one attached hydrogen (secondary N) is 1. The topological polar surface area (TPSA) is 72.5 Å². The number of carbonyl (C=O) groups excluding carboxylic acids is 1. The monoisotopic (exact) mass is 419 g/mol. The second kappa shape index (κ2) is 6.49. The Morgan fingerprint density at radius 2 is 1.86 bits per heavy atom. The van der Waals surface area contributed by atoms with Gasteiger partial charge in [-0.1, -0.05) is 37.6 Å². The Balaban J connectivity index is 1.81. The maximum absolute atomic E-state index is 13.4. The number of piperidine rings is 1. The summed E-state index contributed by atoms with van der Waals surface area (Å²) in [6, 6.07) is 11.9. The first-order valence-corrected chi connectivity index (χ1v) is 11.2. The molecule has 5 nitrogen and oxygen atoms in total. The van der Waals surface area contributed by atoms with E-state index in [1.54, 1.807) is 49.4 Å². The van der Waals surface area contributed by atoms with Crippen LogP contribution in [0.4, 0.5) is 0 Å². The lowest BCUT2D eigenvalue weighted by Gasteiger charge is -2.46. The lowest BCUT2D eigenvalue weighted by molar-refractivity contribution is -0.132. The maximum Gasteiger partial charge on any atom is 0.242 e. The molecule has 2 aromatic carbocycles. The molecular weight excluding hydrogens is 398 g/mol. The molecule has 1 fully saturated rings. The summed E-state index contributed by atoms with van der Waals surface area (Å²) in [5.41, 5.74) is 0.769. The van der Waals surface area contributed by atoms with Gasteiger partial charge in [0.15, 0.2) is 20.8 Å². The predicted molar refractivity (Wildman–Crippen MR) is 107 cm³/mol. The number of fused-ring (bicyclic) bond motifs is 4. The average Bonchev–Trinajstić information content (AvgIpc) is 2.61. The van der Waals surface area contributed by atoms with Gasteiger partial charge in [0.05, 0.1) is 4.90 Å². The Kier molecular flexibility index (Phi) is 4.47. The fraction of sp³-hybridized carbons (Fsp3) is 0.381. The van der Waals surface area contributed by atoms with Crippen molar-refractivity contribution in [3.05, 3.63) is 58.6 Å². The number of hydrogen-bond donors (Lipinski definition) is 1. The Morgan fingerprint density at radius 1 is 1.18 bits per heavy atom. The van der Waals surface area contributed by atoms with E-state index in [1.807, 2.05) is 13.8 Å². The third kappa shape index (κ3) is 3.08. The molecule has 0 radical (unpaired) electrons. The van der Waals surface area contributed by atoms with Gasteiger partial charge in [0.1, 0.15) is 5.75 Å². The standard InChI is InChI=1S/C21H22ClNO4S/c1-12(2)13-4-7-15(8-5-13)28(25,26)19-17-11-21(3,23-20(19)24)27-18-9-6-14(22)10-16(17)18/h4-10,12,17,19H,11H2,1-3H3,(H,23,24)/t17-,19+,21+/m1/s1. The minimum atomic E-state index is -3.90.